The first kappa shape index (κ1) is 16.7. The molecule has 0 atom stereocenters. The van der Waals surface area contributed by atoms with Gasteiger partial charge in [-0.15, -0.1) is 0 Å². The third kappa shape index (κ3) is 3.50. The number of ketones is 1. The van der Waals surface area contributed by atoms with E-state index < -0.39 is 0 Å². The molecule has 1 saturated carbocycles. The molecule has 0 aromatic heterocycles. The van der Waals surface area contributed by atoms with Crippen molar-refractivity contribution in [3.05, 3.63) is 52.6 Å². The molecule has 1 aromatic rings. The molecule has 0 amide bonds. The van der Waals surface area contributed by atoms with Crippen molar-refractivity contribution in [2.45, 2.75) is 51.9 Å². The molecule has 126 valence electrons. The van der Waals surface area contributed by atoms with Crippen molar-refractivity contribution in [2.75, 3.05) is 6.61 Å². The molecule has 0 heterocycles. The van der Waals surface area contributed by atoms with Crippen molar-refractivity contribution in [3.63, 3.8) is 0 Å². The van der Waals surface area contributed by atoms with Crippen LogP contribution in [0.15, 0.2) is 41.5 Å². The lowest BCUT2D eigenvalue weighted by Crippen LogP contribution is -2.04. The number of carbonyl (C=O) groups is 2. The van der Waals surface area contributed by atoms with E-state index in [0.717, 1.165) is 35.1 Å². The van der Waals surface area contributed by atoms with Gasteiger partial charge in [0.1, 0.15) is 0 Å². The number of hydrogen-bond donors (Lipinski definition) is 0. The first-order chi connectivity index (χ1) is 11.7. The largest absolute Gasteiger partial charge is 0.466 e. The number of esters is 1. The van der Waals surface area contributed by atoms with E-state index in [4.69, 9.17) is 4.74 Å². The fourth-order valence-corrected chi connectivity index (χ4v) is 3.61. The summed E-state index contributed by atoms with van der Waals surface area (Å²) in [7, 11) is 0. The van der Waals surface area contributed by atoms with Crippen LogP contribution in [0.1, 0.15) is 67.8 Å². The average molecular weight is 324 g/mol. The zero-order valence-corrected chi connectivity index (χ0v) is 14.3. The molecule has 3 nitrogen and oxygen atoms in total. The van der Waals surface area contributed by atoms with Gasteiger partial charge in [0.2, 0.25) is 0 Å². The molecule has 2 aliphatic carbocycles. The molecular weight excluding hydrogens is 300 g/mol. The highest BCUT2D eigenvalue weighted by Gasteiger charge is 2.28. The Bertz CT molecular complexity index is 702. The molecule has 0 bridgehead atoms. The second kappa shape index (κ2) is 7.61. The smallest absolute Gasteiger partial charge is 0.306 e. The lowest BCUT2D eigenvalue weighted by Gasteiger charge is -2.14. The van der Waals surface area contributed by atoms with Gasteiger partial charge in [-0.1, -0.05) is 42.3 Å². The molecular formula is C21H24O3. The summed E-state index contributed by atoms with van der Waals surface area (Å²) in [5, 5.41) is 0. The van der Waals surface area contributed by atoms with Crippen LogP contribution in [0.5, 0.6) is 0 Å². The Morgan fingerprint density at radius 1 is 1.12 bits per heavy atom. The number of Topliss-reactive ketones (excluding diaryl/α,β-unsaturated/α-hetero) is 1. The third-order valence-corrected chi connectivity index (χ3v) is 4.80. The monoisotopic (exact) mass is 324 g/mol. The van der Waals surface area contributed by atoms with Crippen molar-refractivity contribution in [1.29, 1.82) is 0 Å². The standard InChI is InChI=1S/C21H24O3/c1-2-24-20(22)13-12-17-16-10-6-7-11-18(16)21(23)19(17)14-15-8-4-3-5-9-15/h6-7,10-11,14H,2-5,8-9,12-13H2,1H3. The minimum Gasteiger partial charge on any atom is -0.466 e. The van der Waals surface area contributed by atoms with Crippen LogP contribution in [-0.2, 0) is 9.53 Å². The number of benzene rings is 1. The summed E-state index contributed by atoms with van der Waals surface area (Å²) >= 11 is 0. The zero-order valence-electron chi connectivity index (χ0n) is 14.3. The van der Waals surface area contributed by atoms with Crippen LogP contribution < -0.4 is 0 Å². The fourth-order valence-electron chi connectivity index (χ4n) is 3.61. The van der Waals surface area contributed by atoms with E-state index in [2.05, 4.69) is 6.08 Å². The van der Waals surface area contributed by atoms with E-state index in [0.29, 0.717) is 19.4 Å². The molecule has 0 unspecified atom stereocenters. The fraction of sp³-hybridized carbons (Fsp3) is 0.429. The summed E-state index contributed by atoms with van der Waals surface area (Å²) in [6, 6.07) is 7.72. The quantitative estimate of drug-likeness (QED) is 0.726. The van der Waals surface area contributed by atoms with Crippen LogP contribution in [0.3, 0.4) is 0 Å². The maximum atomic E-state index is 12.8. The Balaban J connectivity index is 1.91. The van der Waals surface area contributed by atoms with Crippen LogP contribution in [0, 0.1) is 0 Å². The number of rotatable bonds is 5. The Morgan fingerprint density at radius 3 is 2.54 bits per heavy atom. The molecule has 3 heteroatoms. The van der Waals surface area contributed by atoms with Gasteiger partial charge < -0.3 is 4.74 Å². The Kier molecular flexibility index (Phi) is 5.29. The number of hydrogen-bond acceptors (Lipinski definition) is 3. The van der Waals surface area contributed by atoms with Gasteiger partial charge in [-0.25, -0.2) is 0 Å². The predicted octanol–water partition coefficient (Wildman–Crippen LogP) is 4.87. The van der Waals surface area contributed by atoms with Gasteiger partial charge in [0.25, 0.3) is 0 Å². The van der Waals surface area contributed by atoms with Crippen molar-refractivity contribution in [2.24, 2.45) is 0 Å². The zero-order chi connectivity index (χ0) is 16.9. The lowest BCUT2D eigenvalue weighted by atomic mass is 9.91. The van der Waals surface area contributed by atoms with Crippen LogP contribution in [-0.4, -0.2) is 18.4 Å². The SMILES string of the molecule is CCOC(=O)CCC1=C(C=C2CCCCC2)C(=O)c2ccccc21. The van der Waals surface area contributed by atoms with Crippen molar-refractivity contribution >= 4 is 17.3 Å². The molecule has 0 radical (unpaired) electrons. The van der Waals surface area contributed by atoms with Crippen LogP contribution >= 0.6 is 0 Å². The lowest BCUT2D eigenvalue weighted by molar-refractivity contribution is -0.142. The average Bonchev–Trinajstić information content (AvgIpc) is 2.87. The third-order valence-electron chi connectivity index (χ3n) is 4.80. The highest BCUT2D eigenvalue weighted by Crippen LogP contribution is 2.38. The van der Waals surface area contributed by atoms with E-state index in [9.17, 15) is 9.59 Å². The molecule has 1 aromatic carbocycles. The summed E-state index contributed by atoms with van der Waals surface area (Å²) in [6.45, 7) is 2.20. The van der Waals surface area contributed by atoms with Crippen molar-refractivity contribution in [3.8, 4) is 0 Å². The number of ether oxygens (including phenoxy) is 1. The Hall–Kier alpha value is -2.16. The minimum atomic E-state index is -0.202. The number of carbonyl (C=O) groups excluding carboxylic acids is 2. The first-order valence-electron chi connectivity index (χ1n) is 8.93. The summed E-state index contributed by atoms with van der Waals surface area (Å²) in [6.07, 6.45) is 8.83. The first-order valence-corrected chi connectivity index (χ1v) is 8.93. The van der Waals surface area contributed by atoms with E-state index in [1.54, 1.807) is 0 Å². The van der Waals surface area contributed by atoms with Gasteiger partial charge in [0, 0.05) is 17.6 Å². The van der Waals surface area contributed by atoms with Crippen LogP contribution in [0.2, 0.25) is 0 Å². The predicted molar refractivity (Wildman–Crippen MR) is 94.7 cm³/mol. The van der Waals surface area contributed by atoms with Gasteiger partial charge in [-0.05, 0) is 50.2 Å². The topological polar surface area (TPSA) is 43.4 Å². The Labute approximate surface area is 143 Å². The maximum absolute atomic E-state index is 12.8. The van der Waals surface area contributed by atoms with Gasteiger partial charge in [0.15, 0.2) is 5.78 Å². The highest BCUT2D eigenvalue weighted by atomic mass is 16.5. The van der Waals surface area contributed by atoms with E-state index in [1.165, 1.54) is 24.8 Å². The molecule has 0 aliphatic heterocycles. The summed E-state index contributed by atoms with van der Waals surface area (Å²) in [5.74, 6) is -0.103. The number of allylic oxidation sites excluding steroid dienone is 4. The minimum absolute atomic E-state index is 0.0996. The molecule has 0 N–H and O–H groups in total. The normalized spacial score (nSPS) is 17.0. The molecule has 1 fully saturated rings. The van der Waals surface area contributed by atoms with Gasteiger partial charge in [0.05, 0.1) is 6.61 Å². The summed E-state index contributed by atoms with van der Waals surface area (Å²) in [5.41, 5.74) is 4.90. The van der Waals surface area contributed by atoms with Crippen LogP contribution in [0.4, 0.5) is 0 Å². The molecule has 0 spiro atoms. The van der Waals surface area contributed by atoms with Gasteiger partial charge in [-0.2, -0.15) is 0 Å². The van der Waals surface area contributed by atoms with Gasteiger partial charge in [-0.3, -0.25) is 9.59 Å². The highest BCUT2D eigenvalue weighted by molar-refractivity contribution is 6.22. The van der Waals surface area contributed by atoms with E-state index >= 15 is 0 Å². The number of fused-ring (bicyclic) bond motifs is 1. The molecule has 24 heavy (non-hydrogen) atoms. The molecule has 2 aliphatic rings. The van der Waals surface area contributed by atoms with Crippen molar-refractivity contribution in [1.82, 2.24) is 0 Å². The van der Waals surface area contributed by atoms with E-state index in [-0.39, 0.29) is 11.8 Å². The summed E-state index contributed by atoms with van der Waals surface area (Å²) < 4.78 is 5.04. The second-order valence-electron chi connectivity index (χ2n) is 6.44. The Morgan fingerprint density at radius 2 is 1.83 bits per heavy atom. The molecule has 3 rings (SSSR count). The van der Waals surface area contributed by atoms with E-state index in [1.807, 2.05) is 31.2 Å². The second-order valence-corrected chi connectivity index (χ2v) is 6.44. The van der Waals surface area contributed by atoms with Crippen molar-refractivity contribution < 1.29 is 14.3 Å². The molecule has 0 saturated heterocycles. The van der Waals surface area contributed by atoms with Crippen LogP contribution in [0.25, 0.3) is 5.57 Å². The maximum Gasteiger partial charge on any atom is 0.306 e. The van der Waals surface area contributed by atoms with Gasteiger partial charge >= 0.3 is 5.97 Å². The summed E-state index contributed by atoms with van der Waals surface area (Å²) in [4.78, 5) is 24.6.